The third kappa shape index (κ3) is 4.56. The van der Waals surface area contributed by atoms with E-state index in [1.807, 2.05) is 25.2 Å². The Bertz CT molecular complexity index is 388. The molecule has 1 aromatic rings. The van der Waals surface area contributed by atoms with Gasteiger partial charge in [-0.05, 0) is 18.4 Å². The molecule has 0 bridgehead atoms. The summed E-state index contributed by atoms with van der Waals surface area (Å²) in [5.41, 5.74) is 1.25. The van der Waals surface area contributed by atoms with Gasteiger partial charge in [0.05, 0.1) is 6.61 Å². The summed E-state index contributed by atoms with van der Waals surface area (Å²) in [6.07, 6.45) is 1.93. The second kappa shape index (κ2) is 7.14. The molecule has 1 atom stereocenters. The maximum Gasteiger partial charge on any atom is 0.317 e. The van der Waals surface area contributed by atoms with E-state index in [1.165, 1.54) is 5.56 Å². The standard InChI is InChI=1S/C15H22N2O2/c1-17(11-14-8-10-19-12-14)15(18)16-9-7-13-5-3-2-4-6-13/h2-6,14H,7-12H2,1H3,(H,16,18). The van der Waals surface area contributed by atoms with E-state index in [9.17, 15) is 4.79 Å². The average Bonchev–Trinajstić information content (AvgIpc) is 2.92. The van der Waals surface area contributed by atoms with Crippen molar-refractivity contribution in [1.82, 2.24) is 10.2 Å². The molecule has 4 heteroatoms. The van der Waals surface area contributed by atoms with E-state index >= 15 is 0 Å². The molecular formula is C15H22N2O2. The molecule has 0 aliphatic carbocycles. The van der Waals surface area contributed by atoms with Gasteiger partial charge in [-0.3, -0.25) is 0 Å². The van der Waals surface area contributed by atoms with Crippen molar-refractivity contribution in [2.24, 2.45) is 5.92 Å². The van der Waals surface area contributed by atoms with Crippen LogP contribution in [0.25, 0.3) is 0 Å². The summed E-state index contributed by atoms with van der Waals surface area (Å²) >= 11 is 0. The molecule has 1 heterocycles. The van der Waals surface area contributed by atoms with Crippen LogP contribution in [0.4, 0.5) is 4.79 Å². The van der Waals surface area contributed by atoms with Gasteiger partial charge in [0.1, 0.15) is 0 Å². The van der Waals surface area contributed by atoms with Crippen LogP contribution in [-0.4, -0.2) is 44.3 Å². The molecule has 2 amide bonds. The van der Waals surface area contributed by atoms with Crippen LogP contribution in [0.2, 0.25) is 0 Å². The van der Waals surface area contributed by atoms with Crippen molar-refractivity contribution in [3.05, 3.63) is 35.9 Å². The Labute approximate surface area is 114 Å². The Morgan fingerprint density at radius 1 is 1.42 bits per heavy atom. The zero-order valence-corrected chi connectivity index (χ0v) is 11.5. The maximum absolute atomic E-state index is 11.9. The highest BCUT2D eigenvalue weighted by Gasteiger charge is 2.19. The first-order valence-electron chi connectivity index (χ1n) is 6.86. The third-order valence-corrected chi connectivity index (χ3v) is 3.44. The summed E-state index contributed by atoms with van der Waals surface area (Å²) in [5.74, 6) is 0.491. The second-order valence-electron chi connectivity index (χ2n) is 5.08. The summed E-state index contributed by atoms with van der Waals surface area (Å²) in [7, 11) is 1.84. The van der Waals surface area contributed by atoms with Gasteiger partial charge < -0.3 is 15.0 Å². The Hall–Kier alpha value is -1.55. The van der Waals surface area contributed by atoms with Crippen LogP contribution in [0, 0.1) is 5.92 Å². The number of carbonyl (C=O) groups excluding carboxylic acids is 1. The minimum Gasteiger partial charge on any atom is -0.381 e. The maximum atomic E-state index is 11.9. The zero-order chi connectivity index (χ0) is 13.5. The molecule has 19 heavy (non-hydrogen) atoms. The lowest BCUT2D eigenvalue weighted by Gasteiger charge is -2.20. The molecule has 104 valence electrons. The highest BCUT2D eigenvalue weighted by Crippen LogP contribution is 2.13. The van der Waals surface area contributed by atoms with E-state index in [2.05, 4.69) is 17.4 Å². The third-order valence-electron chi connectivity index (χ3n) is 3.44. The Kier molecular flexibility index (Phi) is 5.21. The molecule has 1 unspecified atom stereocenters. The minimum absolute atomic E-state index is 0.00262. The molecular weight excluding hydrogens is 240 g/mol. The normalized spacial score (nSPS) is 18.3. The Morgan fingerprint density at radius 2 is 2.21 bits per heavy atom. The van der Waals surface area contributed by atoms with Crippen LogP contribution in [0.5, 0.6) is 0 Å². The van der Waals surface area contributed by atoms with Crippen LogP contribution in [0.15, 0.2) is 30.3 Å². The van der Waals surface area contributed by atoms with Gasteiger partial charge in [0.2, 0.25) is 0 Å². The molecule has 1 N–H and O–H groups in total. The number of nitrogens with zero attached hydrogens (tertiary/aromatic N) is 1. The van der Waals surface area contributed by atoms with Gasteiger partial charge in [-0.1, -0.05) is 30.3 Å². The number of ether oxygens (including phenoxy) is 1. The van der Waals surface area contributed by atoms with Gasteiger partial charge in [0, 0.05) is 32.7 Å². The molecule has 1 aromatic carbocycles. The topological polar surface area (TPSA) is 41.6 Å². The molecule has 1 aliphatic rings. The first-order valence-corrected chi connectivity index (χ1v) is 6.86. The smallest absolute Gasteiger partial charge is 0.317 e. The second-order valence-corrected chi connectivity index (χ2v) is 5.08. The molecule has 2 rings (SSSR count). The summed E-state index contributed by atoms with van der Waals surface area (Å²) < 4.78 is 5.32. The van der Waals surface area contributed by atoms with Crippen molar-refractivity contribution in [2.75, 3.05) is 33.4 Å². The van der Waals surface area contributed by atoms with Crippen molar-refractivity contribution >= 4 is 6.03 Å². The number of hydrogen-bond donors (Lipinski definition) is 1. The number of carbonyl (C=O) groups is 1. The van der Waals surface area contributed by atoms with E-state index < -0.39 is 0 Å². The molecule has 0 saturated carbocycles. The zero-order valence-electron chi connectivity index (χ0n) is 11.5. The van der Waals surface area contributed by atoms with Crippen molar-refractivity contribution < 1.29 is 9.53 Å². The number of urea groups is 1. The van der Waals surface area contributed by atoms with Crippen LogP contribution < -0.4 is 5.32 Å². The lowest BCUT2D eigenvalue weighted by Crippen LogP contribution is -2.40. The average molecular weight is 262 g/mol. The monoisotopic (exact) mass is 262 g/mol. The first kappa shape index (κ1) is 13.9. The van der Waals surface area contributed by atoms with Crippen LogP contribution in [-0.2, 0) is 11.2 Å². The quantitative estimate of drug-likeness (QED) is 0.880. The van der Waals surface area contributed by atoms with E-state index in [1.54, 1.807) is 4.90 Å². The number of benzene rings is 1. The van der Waals surface area contributed by atoms with Crippen molar-refractivity contribution in [2.45, 2.75) is 12.8 Å². The minimum atomic E-state index is 0.00262. The van der Waals surface area contributed by atoms with E-state index in [-0.39, 0.29) is 6.03 Å². The number of rotatable bonds is 5. The van der Waals surface area contributed by atoms with Gasteiger partial charge in [-0.15, -0.1) is 0 Å². The molecule has 4 nitrogen and oxygen atoms in total. The van der Waals surface area contributed by atoms with E-state index in [0.29, 0.717) is 12.5 Å². The summed E-state index contributed by atoms with van der Waals surface area (Å²) in [6, 6.07) is 10.2. The summed E-state index contributed by atoms with van der Waals surface area (Å²) in [6.45, 7) is 3.06. The van der Waals surface area contributed by atoms with Crippen molar-refractivity contribution in [3.63, 3.8) is 0 Å². The molecule has 0 spiro atoms. The van der Waals surface area contributed by atoms with Crippen molar-refractivity contribution in [1.29, 1.82) is 0 Å². The predicted octanol–water partition coefficient (Wildman–Crippen LogP) is 1.91. The molecule has 0 radical (unpaired) electrons. The Balaban J connectivity index is 1.66. The molecule has 0 aromatic heterocycles. The van der Waals surface area contributed by atoms with Gasteiger partial charge in [-0.25, -0.2) is 4.79 Å². The van der Waals surface area contributed by atoms with Gasteiger partial charge in [0.15, 0.2) is 0 Å². The highest BCUT2D eigenvalue weighted by molar-refractivity contribution is 5.73. The highest BCUT2D eigenvalue weighted by atomic mass is 16.5. The fourth-order valence-electron chi connectivity index (χ4n) is 2.29. The molecule has 1 aliphatic heterocycles. The Morgan fingerprint density at radius 3 is 2.89 bits per heavy atom. The number of amides is 2. The van der Waals surface area contributed by atoms with E-state index in [0.717, 1.165) is 32.6 Å². The largest absolute Gasteiger partial charge is 0.381 e. The predicted molar refractivity (Wildman–Crippen MR) is 75.1 cm³/mol. The molecule has 1 saturated heterocycles. The fraction of sp³-hybridized carbons (Fsp3) is 0.533. The van der Waals surface area contributed by atoms with Crippen molar-refractivity contribution in [3.8, 4) is 0 Å². The SMILES string of the molecule is CN(CC1CCOC1)C(=O)NCCc1ccccc1. The van der Waals surface area contributed by atoms with Crippen LogP contribution in [0.1, 0.15) is 12.0 Å². The van der Waals surface area contributed by atoms with Gasteiger partial charge in [0.25, 0.3) is 0 Å². The fourth-order valence-corrected chi connectivity index (χ4v) is 2.29. The van der Waals surface area contributed by atoms with Gasteiger partial charge >= 0.3 is 6.03 Å². The summed E-state index contributed by atoms with van der Waals surface area (Å²) in [5, 5.41) is 2.95. The van der Waals surface area contributed by atoms with Crippen LogP contribution >= 0.6 is 0 Å². The van der Waals surface area contributed by atoms with Crippen LogP contribution in [0.3, 0.4) is 0 Å². The number of hydrogen-bond acceptors (Lipinski definition) is 2. The number of nitrogens with one attached hydrogen (secondary N) is 1. The summed E-state index contributed by atoms with van der Waals surface area (Å²) in [4.78, 5) is 13.6. The first-order chi connectivity index (χ1) is 9.25. The molecule has 1 fully saturated rings. The van der Waals surface area contributed by atoms with Gasteiger partial charge in [-0.2, -0.15) is 0 Å². The lowest BCUT2D eigenvalue weighted by atomic mass is 10.1. The van der Waals surface area contributed by atoms with E-state index in [4.69, 9.17) is 4.74 Å². The lowest BCUT2D eigenvalue weighted by molar-refractivity contribution is 0.171.